The van der Waals surface area contributed by atoms with Gasteiger partial charge in [0, 0.05) is 0 Å². The molecule has 88 valence electrons. The molecule has 2 radical (unpaired) electrons. The summed E-state index contributed by atoms with van der Waals surface area (Å²) in [5.41, 5.74) is -2.05. The second-order valence-corrected chi connectivity index (χ2v) is 6.85. The third-order valence-electron chi connectivity index (χ3n) is 3.96. The Morgan fingerprint density at radius 1 is 1.62 bits per heavy atom. The van der Waals surface area contributed by atoms with E-state index in [0.717, 1.165) is 0 Å². The lowest BCUT2D eigenvalue weighted by atomic mass is 9.73. The Bertz CT molecular complexity index is 322. The van der Waals surface area contributed by atoms with Gasteiger partial charge in [-0.2, -0.15) is 0 Å². The van der Waals surface area contributed by atoms with Crippen LogP contribution in [0.2, 0.25) is 5.82 Å². The lowest BCUT2D eigenvalue weighted by molar-refractivity contribution is -0.115. The van der Waals surface area contributed by atoms with Gasteiger partial charge < -0.3 is 14.9 Å². The Morgan fingerprint density at radius 3 is 2.69 bits per heavy atom. The number of rotatable bonds is 4. The summed E-state index contributed by atoms with van der Waals surface area (Å²) in [6.07, 6.45) is 0.370. The highest BCUT2D eigenvalue weighted by Gasteiger charge is 2.75. The Morgan fingerprint density at radius 2 is 2.25 bits per heavy atom. The molecule has 6 heteroatoms. The maximum absolute atomic E-state index is 11.3. The maximum Gasteiger partial charge on any atom is 0.366 e. The Kier molecular flexibility index (Phi) is 2.95. The number of hydrogen-bond acceptors (Lipinski definition) is 4. The van der Waals surface area contributed by atoms with Crippen LogP contribution >= 0.6 is 7.80 Å². The van der Waals surface area contributed by atoms with Gasteiger partial charge in [0.15, 0.2) is 0 Å². The van der Waals surface area contributed by atoms with Gasteiger partial charge in [-0.1, -0.05) is 4.57 Å². The summed E-state index contributed by atoms with van der Waals surface area (Å²) in [5, 5.41) is 20.0. The SMILES string of the molecule is [B][C@@H]1C2CC2(OC[P+](=O)CC)[C@@H](O)[C@@]1(C)O. The summed E-state index contributed by atoms with van der Waals surface area (Å²) in [4.78, 5) is 0. The van der Waals surface area contributed by atoms with Crippen LogP contribution in [-0.2, 0) is 9.30 Å². The molecule has 3 unspecified atom stereocenters. The van der Waals surface area contributed by atoms with E-state index in [0.29, 0.717) is 12.6 Å². The quantitative estimate of drug-likeness (QED) is 0.562. The maximum atomic E-state index is 11.3. The molecule has 2 fully saturated rings. The predicted molar refractivity (Wildman–Crippen MR) is 61.1 cm³/mol. The van der Waals surface area contributed by atoms with Crippen molar-refractivity contribution in [1.29, 1.82) is 0 Å². The zero-order chi connectivity index (χ0) is 12.1. The largest absolute Gasteiger partial charge is 0.388 e. The van der Waals surface area contributed by atoms with E-state index in [1.807, 2.05) is 6.92 Å². The molecule has 6 atom stereocenters. The van der Waals surface area contributed by atoms with Crippen molar-refractivity contribution < 1.29 is 19.5 Å². The zero-order valence-electron chi connectivity index (χ0n) is 9.59. The van der Waals surface area contributed by atoms with Crippen LogP contribution in [0.25, 0.3) is 0 Å². The highest BCUT2D eigenvalue weighted by molar-refractivity contribution is 7.44. The Hall–Kier alpha value is 0.0449. The third-order valence-corrected chi connectivity index (χ3v) is 5.08. The standard InChI is InChI=1S/C10H17BO4P/c1-3-16(14)5-15-10-4-6(10)7(11)9(2,13)8(10)12/h6-8,12-13H,3-5H2,1-2H3/q+1/t6?,7-,8+,9+,10?/m1/s1. The fourth-order valence-electron chi connectivity index (χ4n) is 2.64. The summed E-state index contributed by atoms with van der Waals surface area (Å²) in [6, 6.07) is 0. The molecule has 0 aliphatic heterocycles. The monoisotopic (exact) mass is 243 g/mol. The normalized spacial score (nSPS) is 51.2. The van der Waals surface area contributed by atoms with Gasteiger partial charge in [0.05, 0.1) is 13.4 Å². The van der Waals surface area contributed by atoms with E-state index in [1.54, 1.807) is 0 Å². The number of hydrogen-bond donors (Lipinski definition) is 2. The van der Waals surface area contributed by atoms with Crippen molar-refractivity contribution in [3.63, 3.8) is 0 Å². The first-order chi connectivity index (χ1) is 7.36. The minimum Gasteiger partial charge on any atom is -0.388 e. The van der Waals surface area contributed by atoms with Crippen LogP contribution in [0.4, 0.5) is 0 Å². The molecule has 0 spiro atoms. The molecule has 2 saturated carbocycles. The minimum absolute atomic E-state index is 0.0160. The Labute approximate surface area is 97.6 Å². The van der Waals surface area contributed by atoms with E-state index in [4.69, 9.17) is 12.6 Å². The van der Waals surface area contributed by atoms with Crippen LogP contribution in [-0.4, -0.2) is 47.9 Å². The van der Waals surface area contributed by atoms with Crippen molar-refractivity contribution in [3.05, 3.63) is 0 Å². The molecule has 0 heterocycles. The first-order valence-corrected chi connectivity index (χ1v) is 7.21. The van der Waals surface area contributed by atoms with Gasteiger partial charge >= 0.3 is 7.80 Å². The molecule has 0 aromatic rings. The number of fused-ring (bicyclic) bond motifs is 1. The highest BCUT2D eigenvalue weighted by Crippen LogP contribution is 2.66. The summed E-state index contributed by atoms with van der Waals surface area (Å²) < 4.78 is 16.9. The van der Waals surface area contributed by atoms with Crippen molar-refractivity contribution in [2.24, 2.45) is 5.92 Å². The van der Waals surface area contributed by atoms with Crippen LogP contribution in [0.15, 0.2) is 0 Å². The average molecular weight is 243 g/mol. The van der Waals surface area contributed by atoms with E-state index in [2.05, 4.69) is 0 Å². The van der Waals surface area contributed by atoms with Gasteiger partial charge in [0.25, 0.3) is 0 Å². The second-order valence-electron chi connectivity index (χ2n) is 4.99. The second kappa shape index (κ2) is 3.77. The van der Waals surface area contributed by atoms with Crippen molar-refractivity contribution >= 4 is 15.6 Å². The lowest BCUT2D eigenvalue weighted by Gasteiger charge is -2.31. The molecular weight excluding hydrogens is 226 g/mol. The van der Waals surface area contributed by atoms with E-state index < -0.39 is 30.9 Å². The third kappa shape index (κ3) is 1.57. The average Bonchev–Trinajstić information content (AvgIpc) is 2.95. The van der Waals surface area contributed by atoms with E-state index in [1.165, 1.54) is 6.92 Å². The summed E-state index contributed by atoms with van der Waals surface area (Å²) >= 11 is 0. The molecule has 0 amide bonds. The van der Waals surface area contributed by atoms with Crippen LogP contribution in [0.1, 0.15) is 20.3 Å². The molecule has 4 nitrogen and oxygen atoms in total. The van der Waals surface area contributed by atoms with Crippen LogP contribution < -0.4 is 0 Å². The van der Waals surface area contributed by atoms with Gasteiger partial charge in [0.1, 0.15) is 17.9 Å². The van der Waals surface area contributed by atoms with Crippen molar-refractivity contribution in [2.45, 2.75) is 43.4 Å². The van der Waals surface area contributed by atoms with Gasteiger partial charge in [-0.15, -0.1) is 0 Å². The van der Waals surface area contributed by atoms with Gasteiger partial charge in [-0.25, -0.2) is 0 Å². The summed E-state index contributed by atoms with van der Waals surface area (Å²) in [5.74, 6) is -0.486. The predicted octanol–water partition coefficient (Wildman–Crippen LogP) is 0.649. The number of aliphatic hydroxyl groups excluding tert-OH is 1. The first-order valence-electron chi connectivity index (χ1n) is 5.58. The van der Waals surface area contributed by atoms with Crippen molar-refractivity contribution in [1.82, 2.24) is 0 Å². The molecule has 2 N–H and O–H groups in total. The van der Waals surface area contributed by atoms with E-state index in [9.17, 15) is 14.8 Å². The zero-order valence-corrected chi connectivity index (χ0v) is 10.5. The molecule has 2 aliphatic carbocycles. The molecule has 0 bridgehead atoms. The molecule has 0 aromatic heterocycles. The number of aliphatic hydroxyl groups is 2. The van der Waals surface area contributed by atoms with E-state index in [-0.39, 0.29) is 12.3 Å². The lowest BCUT2D eigenvalue weighted by Crippen LogP contribution is -2.46. The summed E-state index contributed by atoms with van der Waals surface area (Å²) in [6.45, 7) is 3.36. The minimum atomic E-state index is -1.37. The molecule has 2 rings (SSSR count). The van der Waals surface area contributed by atoms with Crippen LogP contribution in [0.5, 0.6) is 0 Å². The van der Waals surface area contributed by atoms with Gasteiger partial charge in [-0.3, -0.25) is 0 Å². The van der Waals surface area contributed by atoms with Crippen LogP contribution in [0.3, 0.4) is 0 Å². The highest BCUT2D eigenvalue weighted by atomic mass is 31.1. The Balaban J connectivity index is 2.04. The van der Waals surface area contributed by atoms with E-state index >= 15 is 0 Å². The van der Waals surface area contributed by atoms with Crippen LogP contribution in [0, 0.1) is 5.92 Å². The van der Waals surface area contributed by atoms with Gasteiger partial charge in [0.2, 0.25) is 6.35 Å². The number of ether oxygens (including phenoxy) is 1. The molecule has 16 heavy (non-hydrogen) atoms. The fourth-order valence-corrected chi connectivity index (χ4v) is 3.21. The molecule has 0 aromatic carbocycles. The molecular formula is C10H17BO4P+. The topological polar surface area (TPSA) is 66.8 Å². The fraction of sp³-hybridized carbons (Fsp3) is 1.00. The molecule has 0 saturated heterocycles. The van der Waals surface area contributed by atoms with Gasteiger partial charge in [-0.05, 0) is 32.0 Å². The smallest absolute Gasteiger partial charge is 0.366 e. The molecule has 2 aliphatic rings. The summed E-state index contributed by atoms with van der Waals surface area (Å²) in [7, 11) is 4.48. The van der Waals surface area contributed by atoms with Crippen molar-refractivity contribution in [3.8, 4) is 0 Å². The van der Waals surface area contributed by atoms with Crippen molar-refractivity contribution in [2.75, 3.05) is 12.5 Å². The first kappa shape index (κ1) is 12.5.